The number of methoxy groups -OCH3 is 1. The molecule has 0 saturated heterocycles. The fourth-order valence-corrected chi connectivity index (χ4v) is 3.80. The van der Waals surface area contributed by atoms with E-state index in [0.29, 0.717) is 16.9 Å². The molecule has 1 aliphatic rings. The molecule has 0 spiro atoms. The monoisotopic (exact) mass is 396 g/mol. The Morgan fingerprint density at radius 1 is 0.862 bits per heavy atom. The summed E-state index contributed by atoms with van der Waals surface area (Å²) >= 11 is 0. The molecule has 0 unspecified atom stereocenters. The van der Waals surface area contributed by atoms with E-state index in [4.69, 9.17) is 4.74 Å². The maximum Gasteiger partial charge on any atom is 0.337 e. The third kappa shape index (κ3) is 4.69. The molecule has 2 aromatic rings. The van der Waals surface area contributed by atoms with Crippen molar-refractivity contribution in [2.24, 2.45) is 0 Å². The zero-order valence-corrected chi connectivity index (χ0v) is 17.3. The fourth-order valence-electron chi connectivity index (χ4n) is 3.80. The second kappa shape index (κ2) is 8.40. The maximum atomic E-state index is 12.7. The van der Waals surface area contributed by atoms with E-state index in [-0.39, 0.29) is 30.6 Å². The largest absolute Gasteiger partial charge is 0.485 e. The minimum Gasteiger partial charge on any atom is -0.485 e. The number of Topliss-reactive ketones (excluding diaryl/α,β-unsaturated/α-hetero) is 1. The van der Waals surface area contributed by atoms with Crippen LogP contribution in [0.5, 0.6) is 5.75 Å². The van der Waals surface area contributed by atoms with Crippen molar-refractivity contribution in [2.45, 2.75) is 58.8 Å². The molecular formula is C25H32O4. The number of esters is 1. The Bertz CT molecular complexity index is 892. The van der Waals surface area contributed by atoms with Crippen LogP contribution in [0.4, 0.5) is 0 Å². The van der Waals surface area contributed by atoms with Crippen molar-refractivity contribution >= 4 is 11.8 Å². The summed E-state index contributed by atoms with van der Waals surface area (Å²) in [7, 11) is 1.34. The van der Waals surface area contributed by atoms with Gasteiger partial charge in [-0.25, -0.2) is 4.79 Å². The van der Waals surface area contributed by atoms with Crippen LogP contribution in [-0.4, -0.2) is 25.5 Å². The quantitative estimate of drug-likeness (QED) is 0.479. The van der Waals surface area contributed by atoms with Crippen LogP contribution < -0.4 is 4.74 Å². The highest BCUT2D eigenvalue weighted by Crippen LogP contribution is 2.45. The Morgan fingerprint density at radius 3 is 2.00 bits per heavy atom. The molecule has 0 fully saturated rings. The standard InChI is InChI=1S/C24H28O4.CH4/c1-23(2)12-13-24(3,4)20-14-17(8-11-19(20)23)21(25)15-28-18-9-6-16(7-10-18)22(26)27-5;/h6-11,14H,12-13,15H2,1-5H3;1H4. The van der Waals surface area contributed by atoms with E-state index in [0.717, 1.165) is 12.8 Å². The molecule has 0 radical (unpaired) electrons. The Balaban J connectivity index is 0.00000300. The number of hydrogen-bond acceptors (Lipinski definition) is 4. The number of carbonyl (C=O) groups is 2. The lowest BCUT2D eigenvalue weighted by Gasteiger charge is -2.42. The first-order chi connectivity index (χ1) is 13.1. The summed E-state index contributed by atoms with van der Waals surface area (Å²) in [6.07, 6.45) is 2.25. The first kappa shape index (κ1) is 22.7. The molecule has 3 rings (SSSR count). The lowest BCUT2D eigenvalue weighted by atomic mass is 9.63. The summed E-state index contributed by atoms with van der Waals surface area (Å²) in [5.41, 5.74) is 3.91. The van der Waals surface area contributed by atoms with Gasteiger partial charge in [0.25, 0.3) is 0 Å². The normalized spacial score (nSPS) is 16.2. The Morgan fingerprint density at radius 2 is 1.41 bits per heavy atom. The minimum atomic E-state index is -0.401. The van der Waals surface area contributed by atoms with Gasteiger partial charge < -0.3 is 9.47 Å². The van der Waals surface area contributed by atoms with Crippen molar-refractivity contribution in [3.63, 3.8) is 0 Å². The van der Waals surface area contributed by atoms with Gasteiger partial charge in [-0.05, 0) is 65.1 Å². The highest BCUT2D eigenvalue weighted by Gasteiger charge is 2.37. The molecule has 156 valence electrons. The van der Waals surface area contributed by atoms with Crippen LogP contribution in [0.15, 0.2) is 42.5 Å². The number of ketones is 1. The third-order valence-corrected chi connectivity index (χ3v) is 5.82. The number of ether oxygens (including phenoxy) is 2. The summed E-state index contributed by atoms with van der Waals surface area (Å²) in [4.78, 5) is 24.2. The van der Waals surface area contributed by atoms with Crippen LogP contribution in [0, 0.1) is 0 Å². The molecule has 2 aromatic carbocycles. The van der Waals surface area contributed by atoms with Gasteiger partial charge in [-0.2, -0.15) is 0 Å². The molecular weight excluding hydrogens is 364 g/mol. The average molecular weight is 397 g/mol. The van der Waals surface area contributed by atoms with Gasteiger partial charge in [0.15, 0.2) is 12.4 Å². The lowest BCUT2D eigenvalue weighted by molar-refractivity contribution is 0.0600. The zero-order valence-electron chi connectivity index (χ0n) is 17.3. The van der Waals surface area contributed by atoms with E-state index in [1.807, 2.05) is 12.1 Å². The van der Waals surface area contributed by atoms with E-state index < -0.39 is 5.97 Å². The van der Waals surface area contributed by atoms with E-state index in [1.54, 1.807) is 24.3 Å². The molecule has 1 aliphatic carbocycles. The molecule has 0 aromatic heterocycles. The summed E-state index contributed by atoms with van der Waals surface area (Å²) in [5.74, 6) is 0.0849. The van der Waals surface area contributed by atoms with Crippen LogP contribution in [0.3, 0.4) is 0 Å². The van der Waals surface area contributed by atoms with Gasteiger partial charge in [0.1, 0.15) is 5.75 Å². The predicted octanol–water partition coefficient (Wildman–Crippen LogP) is 5.72. The van der Waals surface area contributed by atoms with Crippen molar-refractivity contribution in [2.75, 3.05) is 13.7 Å². The minimum absolute atomic E-state index is 0. The highest BCUT2D eigenvalue weighted by atomic mass is 16.5. The van der Waals surface area contributed by atoms with E-state index >= 15 is 0 Å². The Kier molecular flexibility index (Phi) is 6.56. The number of carbonyl (C=O) groups excluding carboxylic acids is 2. The second-order valence-corrected chi connectivity index (χ2v) is 8.76. The summed E-state index contributed by atoms with van der Waals surface area (Å²) in [6, 6.07) is 12.6. The van der Waals surface area contributed by atoms with Gasteiger partial charge in [0.2, 0.25) is 0 Å². The second-order valence-electron chi connectivity index (χ2n) is 8.76. The van der Waals surface area contributed by atoms with Crippen LogP contribution in [0.2, 0.25) is 0 Å². The highest BCUT2D eigenvalue weighted by molar-refractivity contribution is 5.97. The van der Waals surface area contributed by atoms with Gasteiger partial charge in [0, 0.05) is 5.56 Å². The lowest BCUT2D eigenvalue weighted by Crippen LogP contribution is -2.34. The van der Waals surface area contributed by atoms with E-state index in [1.165, 1.54) is 18.2 Å². The maximum absolute atomic E-state index is 12.7. The van der Waals surface area contributed by atoms with Crippen LogP contribution >= 0.6 is 0 Å². The molecule has 0 aliphatic heterocycles. The van der Waals surface area contributed by atoms with Crippen LogP contribution in [0.25, 0.3) is 0 Å². The van der Waals surface area contributed by atoms with Gasteiger partial charge in [-0.3, -0.25) is 4.79 Å². The van der Waals surface area contributed by atoms with Crippen molar-refractivity contribution in [1.29, 1.82) is 0 Å². The number of fused-ring (bicyclic) bond motifs is 1. The van der Waals surface area contributed by atoms with Crippen LogP contribution in [0.1, 0.15) is 79.8 Å². The number of rotatable bonds is 5. The third-order valence-electron chi connectivity index (χ3n) is 5.82. The van der Waals surface area contributed by atoms with Crippen molar-refractivity contribution in [3.05, 3.63) is 64.7 Å². The molecule has 0 saturated carbocycles. The molecule has 0 heterocycles. The molecule has 0 N–H and O–H groups in total. The Labute approximate surface area is 174 Å². The van der Waals surface area contributed by atoms with Gasteiger partial charge in [-0.1, -0.05) is 47.3 Å². The number of benzene rings is 2. The Hall–Kier alpha value is -2.62. The molecule has 0 bridgehead atoms. The average Bonchev–Trinajstić information content (AvgIpc) is 2.69. The molecule has 4 nitrogen and oxygen atoms in total. The summed E-state index contributed by atoms with van der Waals surface area (Å²) in [6.45, 7) is 8.98. The SMILES string of the molecule is C.COC(=O)c1ccc(OCC(=O)c2ccc3c(c2)C(C)(C)CCC3(C)C)cc1. The molecule has 0 amide bonds. The molecule has 29 heavy (non-hydrogen) atoms. The zero-order chi connectivity index (χ0) is 20.5. The van der Waals surface area contributed by atoms with Crippen LogP contribution in [-0.2, 0) is 15.6 Å². The van der Waals surface area contributed by atoms with E-state index in [9.17, 15) is 9.59 Å². The molecule has 0 atom stereocenters. The number of hydrogen-bond donors (Lipinski definition) is 0. The first-order valence-corrected chi connectivity index (χ1v) is 9.63. The smallest absolute Gasteiger partial charge is 0.337 e. The predicted molar refractivity (Wildman–Crippen MR) is 116 cm³/mol. The van der Waals surface area contributed by atoms with Crippen molar-refractivity contribution < 1.29 is 19.1 Å². The van der Waals surface area contributed by atoms with Gasteiger partial charge in [0.05, 0.1) is 12.7 Å². The van der Waals surface area contributed by atoms with Gasteiger partial charge in [-0.15, -0.1) is 0 Å². The van der Waals surface area contributed by atoms with Crippen molar-refractivity contribution in [1.82, 2.24) is 0 Å². The topological polar surface area (TPSA) is 52.6 Å². The first-order valence-electron chi connectivity index (χ1n) is 9.63. The molecule has 4 heteroatoms. The van der Waals surface area contributed by atoms with Crippen molar-refractivity contribution in [3.8, 4) is 5.75 Å². The summed E-state index contributed by atoms with van der Waals surface area (Å²) in [5, 5.41) is 0. The van der Waals surface area contributed by atoms with Gasteiger partial charge >= 0.3 is 5.97 Å². The fraction of sp³-hybridized carbons (Fsp3) is 0.440. The van der Waals surface area contributed by atoms with E-state index in [2.05, 4.69) is 38.5 Å². The summed E-state index contributed by atoms with van der Waals surface area (Å²) < 4.78 is 10.3.